The molecule has 4 nitrogen and oxygen atoms in total. The summed E-state index contributed by atoms with van der Waals surface area (Å²) in [5.41, 5.74) is 2.14. The van der Waals surface area contributed by atoms with Gasteiger partial charge in [0.1, 0.15) is 5.37 Å². The lowest BCUT2D eigenvalue weighted by atomic mass is 10.2. The van der Waals surface area contributed by atoms with Crippen molar-refractivity contribution in [3.63, 3.8) is 0 Å². The lowest BCUT2D eigenvalue weighted by Gasteiger charge is -2.23. The van der Waals surface area contributed by atoms with E-state index in [1.807, 2.05) is 41.6 Å². The number of carbonyl (C=O) groups is 1. The van der Waals surface area contributed by atoms with E-state index in [9.17, 15) is 4.79 Å². The topological polar surface area (TPSA) is 49.0 Å². The average Bonchev–Trinajstić information content (AvgIpc) is 3.02. The first kappa shape index (κ1) is 11.3. The molecule has 2 aromatic heterocycles. The van der Waals surface area contributed by atoms with Crippen molar-refractivity contribution in [1.82, 2.24) is 14.9 Å². The summed E-state index contributed by atoms with van der Waals surface area (Å²) in [5.74, 6) is 0.729. The number of rotatable bonds is 3. The van der Waals surface area contributed by atoms with Gasteiger partial charge in [-0.15, -0.1) is 11.8 Å². The Kier molecular flexibility index (Phi) is 3.06. The van der Waals surface area contributed by atoms with Crippen molar-refractivity contribution < 1.29 is 4.79 Å². The van der Waals surface area contributed by atoms with E-state index in [0.717, 1.165) is 11.3 Å². The monoisotopic (exact) mass is 259 g/mol. The van der Waals surface area contributed by atoms with Gasteiger partial charge >= 0.3 is 0 Å². The van der Waals surface area contributed by atoms with Crippen molar-refractivity contribution in [1.29, 1.82) is 0 Å². The predicted octanol–water partition coefficient (Wildman–Crippen LogP) is 2.18. The van der Waals surface area contributed by atoms with Crippen LogP contribution in [0.15, 0.2) is 42.9 Å². The highest BCUT2D eigenvalue weighted by molar-refractivity contribution is 8.00. The molecule has 0 bridgehead atoms. The lowest BCUT2D eigenvalue weighted by Crippen LogP contribution is -2.27. The summed E-state index contributed by atoms with van der Waals surface area (Å²) < 4.78 is 0. The molecule has 18 heavy (non-hydrogen) atoms. The van der Waals surface area contributed by atoms with Gasteiger partial charge in [0.25, 0.3) is 0 Å². The minimum absolute atomic E-state index is 0.0905. The molecule has 1 amide bonds. The maximum Gasteiger partial charge on any atom is 0.234 e. The van der Waals surface area contributed by atoms with Gasteiger partial charge in [-0.1, -0.05) is 6.07 Å². The highest BCUT2D eigenvalue weighted by atomic mass is 32.2. The number of carbonyl (C=O) groups excluding carboxylic acids is 1. The van der Waals surface area contributed by atoms with Crippen LogP contribution < -0.4 is 0 Å². The molecule has 1 fully saturated rings. The Balaban J connectivity index is 1.82. The summed E-state index contributed by atoms with van der Waals surface area (Å²) in [6, 6.07) is 7.87. The molecule has 1 aliphatic heterocycles. The van der Waals surface area contributed by atoms with Crippen molar-refractivity contribution in [3.05, 3.63) is 54.1 Å². The first-order valence-electron chi connectivity index (χ1n) is 5.78. The van der Waals surface area contributed by atoms with Crippen molar-refractivity contribution >= 4 is 17.7 Å². The van der Waals surface area contributed by atoms with Gasteiger partial charge in [0.05, 0.1) is 5.75 Å². The minimum Gasteiger partial charge on any atom is -0.363 e. The van der Waals surface area contributed by atoms with Crippen molar-refractivity contribution in [3.8, 4) is 0 Å². The first-order chi connectivity index (χ1) is 8.84. The van der Waals surface area contributed by atoms with Gasteiger partial charge in [0.15, 0.2) is 0 Å². The number of H-pyrrole nitrogens is 1. The molecular formula is C13H13N3OS. The molecule has 1 aliphatic rings. The van der Waals surface area contributed by atoms with Gasteiger partial charge in [0, 0.05) is 30.8 Å². The van der Waals surface area contributed by atoms with Crippen LogP contribution in [-0.4, -0.2) is 26.5 Å². The van der Waals surface area contributed by atoms with E-state index in [0.29, 0.717) is 12.3 Å². The van der Waals surface area contributed by atoms with E-state index in [1.165, 1.54) is 0 Å². The Morgan fingerprint density at radius 1 is 1.44 bits per heavy atom. The summed E-state index contributed by atoms with van der Waals surface area (Å²) in [5, 5.41) is 0.0905. The van der Waals surface area contributed by atoms with Crippen LogP contribution >= 0.6 is 11.8 Å². The quantitative estimate of drug-likeness (QED) is 0.919. The molecule has 1 atom stereocenters. The highest BCUT2D eigenvalue weighted by Gasteiger charge is 2.33. The molecule has 1 saturated heterocycles. The Morgan fingerprint density at radius 2 is 2.39 bits per heavy atom. The Bertz CT molecular complexity index is 526. The molecule has 92 valence electrons. The number of thioether (sulfide) groups is 1. The Hall–Kier alpha value is -1.75. The van der Waals surface area contributed by atoms with E-state index < -0.39 is 0 Å². The van der Waals surface area contributed by atoms with Crippen LogP contribution in [0, 0.1) is 0 Å². The van der Waals surface area contributed by atoms with Crippen LogP contribution in [0.5, 0.6) is 0 Å². The molecular weight excluding hydrogens is 246 g/mol. The van der Waals surface area contributed by atoms with Gasteiger partial charge in [-0.05, 0) is 23.8 Å². The maximum absolute atomic E-state index is 12.0. The second kappa shape index (κ2) is 4.86. The first-order valence-corrected chi connectivity index (χ1v) is 6.83. The molecule has 0 spiro atoms. The van der Waals surface area contributed by atoms with Gasteiger partial charge in [-0.2, -0.15) is 0 Å². The smallest absolute Gasteiger partial charge is 0.234 e. The van der Waals surface area contributed by atoms with Crippen LogP contribution in [0.4, 0.5) is 0 Å². The number of hydrogen-bond donors (Lipinski definition) is 1. The fourth-order valence-corrected chi connectivity index (χ4v) is 3.23. The average molecular weight is 259 g/mol. The Labute approximate surface area is 109 Å². The van der Waals surface area contributed by atoms with E-state index in [4.69, 9.17) is 0 Å². The normalized spacial score (nSPS) is 19.4. The molecule has 5 heteroatoms. The fraction of sp³-hybridized carbons (Fsp3) is 0.231. The number of amides is 1. The fourth-order valence-electron chi connectivity index (χ4n) is 2.07. The molecule has 0 aliphatic carbocycles. The van der Waals surface area contributed by atoms with E-state index in [-0.39, 0.29) is 11.3 Å². The van der Waals surface area contributed by atoms with Crippen molar-refractivity contribution in [2.24, 2.45) is 0 Å². The van der Waals surface area contributed by atoms with Gasteiger partial charge in [0.2, 0.25) is 5.91 Å². The van der Waals surface area contributed by atoms with Crippen LogP contribution in [0.1, 0.15) is 16.6 Å². The molecule has 3 heterocycles. The van der Waals surface area contributed by atoms with Crippen LogP contribution in [0.2, 0.25) is 0 Å². The van der Waals surface area contributed by atoms with Crippen LogP contribution in [0.3, 0.4) is 0 Å². The molecule has 0 aromatic carbocycles. The summed E-state index contributed by atoms with van der Waals surface area (Å²) in [6.45, 7) is 0.614. The minimum atomic E-state index is 0.0905. The lowest BCUT2D eigenvalue weighted by molar-refractivity contribution is -0.128. The third-order valence-corrected chi connectivity index (χ3v) is 4.17. The number of nitrogens with zero attached hydrogens (tertiary/aromatic N) is 2. The molecule has 1 unspecified atom stereocenters. The zero-order chi connectivity index (χ0) is 12.4. The predicted molar refractivity (Wildman–Crippen MR) is 70.8 cm³/mol. The van der Waals surface area contributed by atoms with E-state index in [1.54, 1.807) is 18.0 Å². The molecule has 0 radical (unpaired) electrons. The SMILES string of the molecule is O=C1CSC(c2ccc[nH]2)N1Cc1cccnc1. The third kappa shape index (κ3) is 2.13. The third-order valence-electron chi connectivity index (χ3n) is 2.93. The summed E-state index contributed by atoms with van der Waals surface area (Å²) >= 11 is 1.66. The van der Waals surface area contributed by atoms with Crippen LogP contribution in [0.25, 0.3) is 0 Å². The number of pyridine rings is 1. The van der Waals surface area contributed by atoms with Gasteiger partial charge in [-0.25, -0.2) is 0 Å². The molecule has 2 aromatic rings. The molecule has 3 rings (SSSR count). The number of hydrogen-bond acceptors (Lipinski definition) is 3. The number of aromatic nitrogens is 2. The Morgan fingerprint density at radius 3 is 3.11 bits per heavy atom. The second-order valence-electron chi connectivity index (χ2n) is 4.17. The van der Waals surface area contributed by atoms with Gasteiger partial charge < -0.3 is 9.88 Å². The van der Waals surface area contributed by atoms with E-state index in [2.05, 4.69) is 9.97 Å². The van der Waals surface area contributed by atoms with Crippen LogP contribution in [-0.2, 0) is 11.3 Å². The maximum atomic E-state index is 12.0. The van der Waals surface area contributed by atoms with Crippen molar-refractivity contribution in [2.45, 2.75) is 11.9 Å². The summed E-state index contributed by atoms with van der Waals surface area (Å²) in [6.07, 6.45) is 5.44. The van der Waals surface area contributed by atoms with Gasteiger partial charge in [-0.3, -0.25) is 9.78 Å². The standard InChI is InChI=1S/C13H13N3OS/c17-12-9-18-13(11-4-2-6-15-11)16(12)8-10-3-1-5-14-7-10/h1-7,13,15H,8-9H2. The zero-order valence-corrected chi connectivity index (χ0v) is 10.6. The number of aromatic amines is 1. The largest absolute Gasteiger partial charge is 0.363 e. The molecule has 1 N–H and O–H groups in total. The highest BCUT2D eigenvalue weighted by Crippen LogP contribution is 2.38. The second-order valence-corrected chi connectivity index (χ2v) is 5.24. The zero-order valence-electron chi connectivity index (χ0n) is 9.74. The summed E-state index contributed by atoms with van der Waals surface area (Å²) in [4.78, 5) is 21.1. The van der Waals surface area contributed by atoms with Crippen molar-refractivity contribution in [2.75, 3.05) is 5.75 Å². The molecule has 0 saturated carbocycles. The number of nitrogens with one attached hydrogen (secondary N) is 1. The summed E-state index contributed by atoms with van der Waals surface area (Å²) in [7, 11) is 0. The van der Waals surface area contributed by atoms with E-state index >= 15 is 0 Å².